The number of carbonyl (C=O) groups excluding carboxylic acids is 1. The predicted octanol–water partition coefficient (Wildman–Crippen LogP) is 2.32. The molecule has 2 aromatic rings. The van der Waals surface area contributed by atoms with Gasteiger partial charge in [-0.15, -0.1) is 0 Å². The molecule has 0 spiro atoms. The van der Waals surface area contributed by atoms with Crippen molar-refractivity contribution in [3.63, 3.8) is 0 Å². The van der Waals surface area contributed by atoms with E-state index in [2.05, 4.69) is 36.8 Å². The number of primary amides is 1. The average Bonchev–Trinajstić information content (AvgIpc) is 2.89. The standard InChI is InChI=1S/C17H22N4O/c1-17(2,3)12-5-10-4-9(7-18)8-20-14(10)15-11(12)6-13(21-15)16(19)22/h4,6,8,12,21H,5,7,18H2,1-3H3,(H2,19,22). The van der Waals surface area contributed by atoms with E-state index in [9.17, 15) is 4.79 Å². The number of nitrogens with two attached hydrogens (primary N) is 2. The summed E-state index contributed by atoms with van der Waals surface area (Å²) in [6, 6.07) is 4.00. The average molecular weight is 298 g/mol. The SMILES string of the molecule is CC(C)(C)C1Cc2cc(CN)cnc2-c2[nH]c(C(N)=O)cc21. The molecule has 22 heavy (non-hydrogen) atoms. The first-order valence-electron chi connectivity index (χ1n) is 7.52. The first-order chi connectivity index (χ1) is 10.3. The minimum atomic E-state index is -0.442. The van der Waals surface area contributed by atoms with Gasteiger partial charge < -0.3 is 16.5 Å². The van der Waals surface area contributed by atoms with Crippen LogP contribution in [0.1, 0.15) is 53.9 Å². The van der Waals surface area contributed by atoms with Gasteiger partial charge in [0, 0.05) is 12.7 Å². The lowest BCUT2D eigenvalue weighted by Gasteiger charge is -2.34. The summed E-state index contributed by atoms with van der Waals surface area (Å²) >= 11 is 0. The van der Waals surface area contributed by atoms with Gasteiger partial charge in [-0.25, -0.2) is 0 Å². The number of hydrogen-bond acceptors (Lipinski definition) is 3. The van der Waals surface area contributed by atoms with Crippen LogP contribution in [0.15, 0.2) is 18.3 Å². The fourth-order valence-corrected chi connectivity index (χ4v) is 3.23. The number of pyridine rings is 1. The smallest absolute Gasteiger partial charge is 0.265 e. The van der Waals surface area contributed by atoms with Crippen molar-refractivity contribution >= 4 is 5.91 Å². The topological polar surface area (TPSA) is 97.8 Å². The Labute approximate surface area is 130 Å². The van der Waals surface area contributed by atoms with E-state index >= 15 is 0 Å². The third-order valence-corrected chi connectivity index (χ3v) is 4.45. The second-order valence-electron chi connectivity index (χ2n) is 7.06. The maximum Gasteiger partial charge on any atom is 0.265 e. The summed E-state index contributed by atoms with van der Waals surface area (Å²) < 4.78 is 0. The summed E-state index contributed by atoms with van der Waals surface area (Å²) in [7, 11) is 0. The second-order valence-corrected chi connectivity index (χ2v) is 7.06. The summed E-state index contributed by atoms with van der Waals surface area (Å²) in [6.45, 7) is 7.11. The lowest BCUT2D eigenvalue weighted by atomic mass is 9.70. The molecule has 2 heterocycles. The van der Waals surface area contributed by atoms with Crippen molar-refractivity contribution in [2.45, 2.75) is 39.7 Å². The van der Waals surface area contributed by atoms with Gasteiger partial charge in [0.2, 0.25) is 0 Å². The van der Waals surface area contributed by atoms with Gasteiger partial charge in [-0.1, -0.05) is 26.8 Å². The Bertz CT molecular complexity index is 740. The van der Waals surface area contributed by atoms with Gasteiger partial charge >= 0.3 is 0 Å². The van der Waals surface area contributed by atoms with Crippen LogP contribution in [-0.2, 0) is 13.0 Å². The third-order valence-electron chi connectivity index (χ3n) is 4.45. The van der Waals surface area contributed by atoms with Crippen LogP contribution in [0.4, 0.5) is 0 Å². The lowest BCUT2D eigenvalue weighted by molar-refractivity contribution is 0.0996. The number of rotatable bonds is 2. The summed E-state index contributed by atoms with van der Waals surface area (Å²) in [5.41, 5.74) is 16.8. The quantitative estimate of drug-likeness (QED) is 0.793. The minimum absolute atomic E-state index is 0.0717. The number of aromatic nitrogens is 2. The van der Waals surface area contributed by atoms with Crippen molar-refractivity contribution in [1.29, 1.82) is 0 Å². The molecule has 1 aliphatic carbocycles. The van der Waals surface area contributed by atoms with Gasteiger partial charge in [-0.2, -0.15) is 0 Å². The van der Waals surface area contributed by atoms with Crippen LogP contribution in [0.25, 0.3) is 11.4 Å². The first-order valence-corrected chi connectivity index (χ1v) is 7.52. The number of hydrogen-bond donors (Lipinski definition) is 3. The molecule has 0 saturated carbocycles. The number of nitrogens with zero attached hydrogens (tertiary/aromatic N) is 1. The maximum absolute atomic E-state index is 11.5. The number of H-pyrrole nitrogens is 1. The highest BCUT2D eigenvalue weighted by molar-refractivity contribution is 5.93. The van der Waals surface area contributed by atoms with Gasteiger partial charge in [-0.05, 0) is 40.5 Å². The van der Waals surface area contributed by atoms with Crippen molar-refractivity contribution in [2.24, 2.45) is 16.9 Å². The van der Waals surface area contributed by atoms with E-state index in [0.29, 0.717) is 18.2 Å². The molecule has 3 rings (SSSR count). The van der Waals surface area contributed by atoms with E-state index in [1.54, 1.807) is 6.20 Å². The van der Waals surface area contributed by atoms with E-state index in [1.165, 1.54) is 5.56 Å². The van der Waals surface area contributed by atoms with Crippen molar-refractivity contribution in [3.8, 4) is 11.4 Å². The molecule has 1 amide bonds. The summed E-state index contributed by atoms with van der Waals surface area (Å²) in [5.74, 6) is -0.142. The number of fused-ring (bicyclic) bond motifs is 3. The molecule has 0 fully saturated rings. The van der Waals surface area contributed by atoms with Gasteiger partial charge in [0.25, 0.3) is 5.91 Å². The van der Waals surface area contributed by atoms with E-state index in [0.717, 1.165) is 28.9 Å². The van der Waals surface area contributed by atoms with Crippen LogP contribution in [-0.4, -0.2) is 15.9 Å². The van der Waals surface area contributed by atoms with E-state index in [4.69, 9.17) is 11.5 Å². The number of nitrogens with one attached hydrogen (secondary N) is 1. The Kier molecular flexibility index (Phi) is 3.33. The second kappa shape index (κ2) is 4.95. The minimum Gasteiger partial charge on any atom is -0.364 e. The van der Waals surface area contributed by atoms with Crippen LogP contribution in [0.5, 0.6) is 0 Å². The highest BCUT2D eigenvalue weighted by Crippen LogP contribution is 2.46. The molecule has 5 nitrogen and oxygen atoms in total. The summed E-state index contributed by atoms with van der Waals surface area (Å²) in [4.78, 5) is 19.3. The molecular weight excluding hydrogens is 276 g/mol. The molecule has 1 aliphatic rings. The Morgan fingerprint density at radius 3 is 2.73 bits per heavy atom. The van der Waals surface area contributed by atoms with E-state index in [-0.39, 0.29) is 5.41 Å². The highest BCUT2D eigenvalue weighted by Gasteiger charge is 2.35. The van der Waals surface area contributed by atoms with Crippen LogP contribution >= 0.6 is 0 Å². The summed E-state index contributed by atoms with van der Waals surface area (Å²) in [6.07, 6.45) is 2.69. The number of aromatic amines is 1. The van der Waals surface area contributed by atoms with Crippen LogP contribution in [0.3, 0.4) is 0 Å². The van der Waals surface area contributed by atoms with Crippen LogP contribution < -0.4 is 11.5 Å². The van der Waals surface area contributed by atoms with Crippen molar-refractivity contribution < 1.29 is 4.79 Å². The molecule has 2 aromatic heterocycles. The molecule has 5 heteroatoms. The Hall–Kier alpha value is -2.14. The molecule has 116 valence electrons. The van der Waals surface area contributed by atoms with E-state index < -0.39 is 5.91 Å². The maximum atomic E-state index is 11.5. The normalized spacial score (nSPS) is 17.0. The van der Waals surface area contributed by atoms with Gasteiger partial charge in [0.15, 0.2) is 0 Å². The fourth-order valence-electron chi connectivity index (χ4n) is 3.23. The zero-order chi connectivity index (χ0) is 16.1. The Morgan fingerprint density at radius 1 is 1.41 bits per heavy atom. The van der Waals surface area contributed by atoms with Crippen LogP contribution in [0, 0.1) is 5.41 Å². The van der Waals surface area contributed by atoms with Crippen LogP contribution in [0.2, 0.25) is 0 Å². The van der Waals surface area contributed by atoms with Gasteiger partial charge in [0.05, 0.1) is 11.4 Å². The molecule has 0 aliphatic heterocycles. The fraction of sp³-hybridized carbons (Fsp3) is 0.412. The molecule has 0 bridgehead atoms. The molecule has 0 aromatic carbocycles. The zero-order valence-corrected chi connectivity index (χ0v) is 13.2. The zero-order valence-electron chi connectivity index (χ0n) is 13.2. The molecule has 5 N–H and O–H groups in total. The van der Waals surface area contributed by atoms with Crippen molar-refractivity contribution in [3.05, 3.63) is 40.7 Å². The predicted molar refractivity (Wildman–Crippen MR) is 86.3 cm³/mol. The molecule has 1 unspecified atom stereocenters. The number of amides is 1. The molecule has 0 radical (unpaired) electrons. The number of carbonyl (C=O) groups is 1. The third kappa shape index (κ3) is 2.31. The van der Waals surface area contributed by atoms with Gasteiger partial charge in [-0.3, -0.25) is 9.78 Å². The Balaban J connectivity index is 2.21. The largest absolute Gasteiger partial charge is 0.364 e. The van der Waals surface area contributed by atoms with Gasteiger partial charge in [0.1, 0.15) is 5.69 Å². The van der Waals surface area contributed by atoms with E-state index in [1.807, 2.05) is 6.07 Å². The first kappa shape index (κ1) is 14.8. The molecular formula is C17H22N4O. The monoisotopic (exact) mass is 298 g/mol. The summed E-state index contributed by atoms with van der Waals surface area (Å²) in [5, 5.41) is 0. The molecule has 1 atom stereocenters. The molecule has 0 saturated heterocycles. The highest BCUT2D eigenvalue weighted by atomic mass is 16.1. The Morgan fingerprint density at radius 2 is 2.14 bits per heavy atom. The lowest BCUT2D eigenvalue weighted by Crippen LogP contribution is -2.24. The van der Waals surface area contributed by atoms with Crippen molar-refractivity contribution in [2.75, 3.05) is 0 Å². The van der Waals surface area contributed by atoms with Crippen molar-refractivity contribution in [1.82, 2.24) is 9.97 Å².